The van der Waals surface area contributed by atoms with Crippen molar-refractivity contribution in [3.63, 3.8) is 0 Å². The highest BCUT2D eigenvalue weighted by molar-refractivity contribution is 5.34. The van der Waals surface area contributed by atoms with E-state index in [1.54, 1.807) is 0 Å². The first-order valence-corrected chi connectivity index (χ1v) is 3.80. The van der Waals surface area contributed by atoms with Crippen molar-refractivity contribution >= 4 is 5.69 Å². The summed E-state index contributed by atoms with van der Waals surface area (Å²) in [4.78, 5) is 9.64. The van der Waals surface area contributed by atoms with Gasteiger partial charge in [-0.2, -0.15) is 0 Å². The third kappa shape index (κ3) is 2.23. The maximum atomic E-state index is 12.1. The number of benzene rings is 1. The monoisotopic (exact) mass is 202 g/mol. The lowest BCUT2D eigenvalue weighted by molar-refractivity contribution is -0.384. The lowest BCUT2D eigenvalue weighted by atomic mass is 10.1. The van der Waals surface area contributed by atoms with E-state index >= 15 is 0 Å². The van der Waals surface area contributed by atoms with Crippen LogP contribution in [0.3, 0.4) is 0 Å². The van der Waals surface area contributed by atoms with Gasteiger partial charge >= 0.3 is 0 Å². The van der Waals surface area contributed by atoms with Crippen molar-refractivity contribution in [1.29, 1.82) is 0 Å². The van der Waals surface area contributed by atoms with Crippen molar-refractivity contribution in [2.24, 2.45) is 5.73 Å². The Labute approximate surface area is 78.5 Å². The lowest BCUT2D eigenvalue weighted by Gasteiger charge is -2.09. The van der Waals surface area contributed by atoms with Crippen LogP contribution in [0.1, 0.15) is 11.6 Å². The van der Waals surface area contributed by atoms with E-state index in [0.717, 1.165) is 12.1 Å². The van der Waals surface area contributed by atoms with Gasteiger partial charge in [0, 0.05) is 12.1 Å². The number of alkyl halides is 2. The molecule has 0 amide bonds. The summed E-state index contributed by atoms with van der Waals surface area (Å²) in [6, 6.07) is 3.37. The fourth-order valence-electron chi connectivity index (χ4n) is 0.964. The predicted octanol–water partition coefficient (Wildman–Crippen LogP) is 1.86. The number of hydrogen-bond donors (Lipinski definition) is 1. The van der Waals surface area contributed by atoms with Gasteiger partial charge in [0.2, 0.25) is 0 Å². The first-order valence-electron chi connectivity index (χ1n) is 3.80. The largest absolute Gasteiger partial charge is 0.319 e. The van der Waals surface area contributed by atoms with Crippen LogP contribution < -0.4 is 5.73 Å². The summed E-state index contributed by atoms with van der Waals surface area (Å²) in [7, 11) is 0. The normalized spacial score (nSPS) is 12.9. The zero-order valence-corrected chi connectivity index (χ0v) is 7.06. The van der Waals surface area contributed by atoms with Crippen LogP contribution >= 0.6 is 0 Å². The number of nitro benzene ring substituents is 1. The van der Waals surface area contributed by atoms with Crippen molar-refractivity contribution < 1.29 is 13.7 Å². The highest BCUT2D eigenvalue weighted by Gasteiger charge is 2.17. The smallest absolute Gasteiger partial charge is 0.269 e. The Balaban J connectivity index is 2.88. The van der Waals surface area contributed by atoms with E-state index < -0.39 is 17.4 Å². The maximum Gasteiger partial charge on any atom is 0.269 e. The van der Waals surface area contributed by atoms with Gasteiger partial charge in [0.25, 0.3) is 12.1 Å². The molecule has 0 aliphatic heterocycles. The second kappa shape index (κ2) is 4.10. The third-order valence-electron chi connectivity index (χ3n) is 1.76. The van der Waals surface area contributed by atoms with Gasteiger partial charge in [-0.15, -0.1) is 0 Å². The molecule has 76 valence electrons. The van der Waals surface area contributed by atoms with Crippen molar-refractivity contribution in [2.45, 2.75) is 12.5 Å². The van der Waals surface area contributed by atoms with E-state index in [0.29, 0.717) is 0 Å². The fraction of sp³-hybridized carbons (Fsp3) is 0.250. The molecule has 4 nitrogen and oxygen atoms in total. The molecule has 2 N–H and O–H groups in total. The number of rotatable bonds is 3. The molecular formula is C8H8F2N2O2. The van der Waals surface area contributed by atoms with E-state index in [4.69, 9.17) is 5.73 Å². The van der Waals surface area contributed by atoms with E-state index in [1.807, 2.05) is 0 Å². The number of halogens is 2. The minimum atomic E-state index is -2.67. The number of non-ortho nitro benzene ring substituents is 1. The molecule has 0 aliphatic carbocycles. The Kier molecular flexibility index (Phi) is 3.08. The van der Waals surface area contributed by atoms with E-state index in [-0.39, 0.29) is 11.3 Å². The summed E-state index contributed by atoms with van der Waals surface area (Å²) in [5.41, 5.74) is 5.19. The molecule has 0 aromatic heterocycles. The van der Waals surface area contributed by atoms with Gasteiger partial charge in [-0.05, 0) is 5.56 Å². The average molecular weight is 202 g/mol. The minimum absolute atomic E-state index is 0.143. The molecule has 0 saturated heterocycles. The Morgan fingerprint density at radius 3 is 2.14 bits per heavy atom. The van der Waals surface area contributed by atoms with Crippen molar-refractivity contribution in [2.75, 3.05) is 0 Å². The second-order valence-electron chi connectivity index (χ2n) is 2.71. The van der Waals surface area contributed by atoms with Crippen molar-refractivity contribution in [3.05, 3.63) is 39.9 Å². The summed E-state index contributed by atoms with van der Waals surface area (Å²) < 4.78 is 24.2. The molecule has 1 rings (SSSR count). The van der Waals surface area contributed by atoms with Gasteiger partial charge < -0.3 is 5.73 Å². The Morgan fingerprint density at radius 1 is 1.29 bits per heavy atom. The number of nitrogens with two attached hydrogens (primary N) is 1. The highest BCUT2D eigenvalue weighted by atomic mass is 19.3. The lowest BCUT2D eigenvalue weighted by Crippen LogP contribution is -2.18. The summed E-state index contributed by atoms with van der Waals surface area (Å²) in [5, 5.41) is 10.2. The van der Waals surface area contributed by atoms with Crippen LogP contribution in [0.15, 0.2) is 24.3 Å². The molecule has 0 saturated carbocycles. The second-order valence-corrected chi connectivity index (χ2v) is 2.71. The molecule has 0 spiro atoms. The van der Waals surface area contributed by atoms with E-state index in [1.165, 1.54) is 12.1 Å². The Bertz CT molecular complexity index is 327. The molecule has 0 radical (unpaired) electrons. The Morgan fingerprint density at radius 2 is 1.79 bits per heavy atom. The van der Waals surface area contributed by atoms with Crippen LogP contribution in [0.4, 0.5) is 14.5 Å². The molecule has 14 heavy (non-hydrogen) atoms. The zero-order chi connectivity index (χ0) is 10.7. The summed E-state index contributed by atoms with van der Waals surface area (Å²) in [5.74, 6) is 0. The summed E-state index contributed by atoms with van der Waals surface area (Å²) >= 11 is 0. The SMILES string of the molecule is NC(c1ccc([N+](=O)[O-])cc1)C(F)F. The first-order chi connectivity index (χ1) is 6.52. The standard InChI is InChI=1S/C8H8F2N2O2/c9-8(10)7(11)5-1-3-6(4-2-5)12(13)14/h1-4,7-8H,11H2. The summed E-state index contributed by atoms with van der Waals surface area (Å²) in [6.45, 7) is 0. The van der Waals surface area contributed by atoms with Gasteiger partial charge in [0.15, 0.2) is 0 Å². The molecule has 1 aromatic carbocycles. The van der Waals surface area contributed by atoms with E-state index in [2.05, 4.69) is 0 Å². The molecule has 1 unspecified atom stereocenters. The molecule has 1 aromatic rings. The molecule has 0 bridgehead atoms. The number of hydrogen-bond acceptors (Lipinski definition) is 3. The quantitative estimate of drug-likeness (QED) is 0.600. The topological polar surface area (TPSA) is 69.2 Å². The van der Waals surface area contributed by atoms with Crippen LogP contribution in [-0.4, -0.2) is 11.3 Å². The third-order valence-corrected chi connectivity index (χ3v) is 1.76. The fourth-order valence-corrected chi connectivity index (χ4v) is 0.964. The van der Waals surface area contributed by atoms with Gasteiger partial charge in [-0.3, -0.25) is 10.1 Å². The predicted molar refractivity (Wildman–Crippen MR) is 46.0 cm³/mol. The van der Waals surface area contributed by atoms with Crippen molar-refractivity contribution in [3.8, 4) is 0 Å². The number of nitro groups is 1. The minimum Gasteiger partial charge on any atom is -0.319 e. The number of nitrogens with zero attached hydrogens (tertiary/aromatic N) is 1. The highest BCUT2D eigenvalue weighted by Crippen LogP contribution is 2.20. The average Bonchev–Trinajstić information content (AvgIpc) is 2.16. The molecular weight excluding hydrogens is 194 g/mol. The van der Waals surface area contributed by atoms with Crippen molar-refractivity contribution in [1.82, 2.24) is 0 Å². The van der Waals surface area contributed by atoms with E-state index in [9.17, 15) is 18.9 Å². The first kappa shape index (κ1) is 10.5. The van der Waals surface area contributed by atoms with Crippen LogP contribution in [0, 0.1) is 10.1 Å². The Hall–Kier alpha value is -1.56. The molecule has 1 atom stereocenters. The zero-order valence-electron chi connectivity index (χ0n) is 7.06. The molecule has 0 aliphatic rings. The van der Waals surface area contributed by atoms with Gasteiger partial charge in [-0.1, -0.05) is 12.1 Å². The summed E-state index contributed by atoms with van der Waals surface area (Å²) in [6.07, 6.45) is -2.67. The van der Waals surface area contributed by atoms with Crippen LogP contribution in [-0.2, 0) is 0 Å². The van der Waals surface area contributed by atoms with Crippen LogP contribution in [0.2, 0.25) is 0 Å². The molecule has 0 heterocycles. The maximum absolute atomic E-state index is 12.1. The van der Waals surface area contributed by atoms with Crippen LogP contribution in [0.25, 0.3) is 0 Å². The molecule has 6 heteroatoms. The van der Waals surface area contributed by atoms with Gasteiger partial charge in [-0.25, -0.2) is 8.78 Å². The van der Waals surface area contributed by atoms with Crippen LogP contribution in [0.5, 0.6) is 0 Å². The van der Waals surface area contributed by atoms with Gasteiger partial charge in [0.05, 0.1) is 11.0 Å². The van der Waals surface area contributed by atoms with Gasteiger partial charge in [0.1, 0.15) is 0 Å². The molecule has 0 fully saturated rings.